The second-order valence-electron chi connectivity index (χ2n) is 8.83. The molecule has 176 valence electrons. The van der Waals surface area contributed by atoms with Gasteiger partial charge in [-0.3, -0.25) is 14.5 Å². The minimum Gasteiger partial charge on any atom is -0.490 e. The van der Waals surface area contributed by atoms with Crippen LogP contribution < -0.4 is 20.1 Å². The highest BCUT2D eigenvalue weighted by molar-refractivity contribution is 6.09. The van der Waals surface area contributed by atoms with Gasteiger partial charge >= 0.3 is 6.03 Å². The number of benzene rings is 1. The van der Waals surface area contributed by atoms with Gasteiger partial charge in [-0.1, -0.05) is 39.2 Å². The van der Waals surface area contributed by atoms with Crippen LogP contribution in [0, 0.1) is 5.92 Å². The van der Waals surface area contributed by atoms with Crippen LogP contribution in [0.3, 0.4) is 0 Å². The molecule has 1 aliphatic carbocycles. The summed E-state index contributed by atoms with van der Waals surface area (Å²) < 4.78 is 11.4. The molecule has 8 heteroatoms. The van der Waals surface area contributed by atoms with Crippen molar-refractivity contribution in [3.63, 3.8) is 0 Å². The van der Waals surface area contributed by atoms with Gasteiger partial charge in [-0.2, -0.15) is 0 Å². The van der Waals surface area contributed by atoms with Gasteiger partial charge in [0.25, 0.3) is 5.91 Å². The van der Waals surface area contributed by atoms with Crippen LogP contribution in [-0.2, 0) is 9.59 Å². The average molecular weight is 446 g/mol. The molecule has 2 aliphatic rings. The molecule has 2 fully saturated rings. The maximum atomic E-state index is 13.0. The molecule has 8 nitrogen and oxygen atoms in total. The first-order valence-corrected chi connectivity index (χ1v) is 11.6. The first kappa shape index (κ1) is 23.9. The van der Waals surface area contributed by atoms with E-state index in [4.69, 9.17) is 9.47 Å². The van der Waals surface area contributed by atoms with Crippen molar-refractivity contribution in [1.29, 1.82) is 0 Å². The Bertz CT molecular complexity index is 848. The molecule has 0 aromatic heterocycles. The van der Waals surface area contributed by atoms with E-state index < -0.39 is 11.6 Å². The SMILES string of the molecule is CCOc1ccc(C(NC(=O)CN2C(=O)NC3(CCCCC3)C2=O)C(C)C)cc1OCC. The molecular formula is C24H35N3O5. The first-order chi connectivity index (χ1) is 15.3. The number of nitrogens with zero attached hydrogens (tertiary/aromatic N) is 1. The van der Waals surface area contributed by atoms with E-state index in [1.807, 2.05) is 45.9 Å². The van der Waals surface area contributed by atoms with Crippen molar-refractivity contribution >= 4 is 17.8 Å². The van der Waals surface area contributed by atoms with Crippen molar-refractivity contribution in [2.75, 3.05) is 19.8 Å². The van der Waals surface area contributed by atoms with Gasteiger partial charge in [-0.25, -0.2) is 4.79 Å². The van der Waals surface area contributed by atoms with E-state index in [0.717, 1.165) is 29.7 Å². The Morgan fingerprint density at radius 2 is 1.75 bits per heavy atom. The van der Waals surface area contributed by atoms with Crippen LogP contribution in [0.5, 0.6) is 11.5 Å². The number of amides is 4. The molecule has 0 bridgehead atoms. The summed E-state index contributed by atoms with van der Waals surface area (Å²) in [7, 11) is 0. The lowest BCUT2D eigenvalue weighted by Crippen LogP contribution is -2.49. The normalized spacial score (nSPS) is 18.6. The third-order valence-electron chi connectivity index (χ3n) is 6.16. The number of hydrogen-bond acceptors (Lipinski definition) is 5. The Morgan fingerprint density at radius 1 is 1.09 bits per heavy atom. The summed E-state index contributed by atoms with van der Waals surface area (Å²) in [6.07, 6.45) is 4.14. The minimum atomic E-state index is -0.825. The highest BCUT2D eigenvalue weighted by atomic mass is 16.5. The van der Waals surface area contributed by atoms with E-state index in [-0.39, 0.29) is 30.3 Å². The van der Waals surface area contributed by atoms with E-state index >= 15 is 0 Å². The zero-order valence-corrected chi connectivity index (χ0v) is 19.5. The smallest absolute Gasteiger partial charge is 0.325 e. The number of carbonyl (C=O) groups excluding carboxylic acids is 3. The Balaban J connectivity index is 1.72. The number of urea groups is 1. The van der Waals surface area contributed by atoms with Crippen LogP contribution in [-0.4, -0.2) is 48.0 Å². The molecule has 1 spiro atoms. The lowest BCUT2D eigenvalue weighted by atomic mass is 9.82. The number of hydrogen-bond donors (Lipinski definition) is 2. The standard InChI is InChI=1S/C24H35N3O5/c1-5-31-18-11-10-17(14-19(18)32-6-2)21(16(3)4)25-20(28)15-27-22(29)24(26-23(27)30)12-8-7-9-13-24/h10-11,14,16,21H,5-9,12-13,15H2,1-4H3,(H,25,28)(H,26,30). The highest BCUT2D eigenvalue weighted by Crippen LogP contribution is 2.34. The molecule has 2 N–H and O–H groups in total. The van der Waals surface area contributed by atoms with Crippen molar-refractivity contribution in [3.05, 3.63) is 23.8 Å². The molecular weight excluding hydrogens is 410 g/mol. The number of rotatable bonds is 9. The zero-order valence-electron chi connectivity index (χ0n) is 19.5. The van der Waals surface area contributed by atoms with Gasteiger partial charge in [0.1, 0.15) is 12.1 Å². The molecule has 1 saturated carbocycles. The van der Waals surface area contributed by atoms with Gasteiger partial charge in [-0.05, 0) is 50.3 Å². The van der Waals surface area contributed by atoms with Gasteiger partial charge in [0.2, 0.25) is 5.91 Å². The van der Waals surface area contributed by atoms with Crippen LogP contribution >= 0.6 is 0 Å². The van der Waals surface area contributed by atoms with Crippen molar-refractivity contribution in [2.24, 2.45) is 5.92 Å². The Morgan fingerprint density at radius 3 is 2.38 bits per heavy atom. The van der Waals surface area contributed by atoms with E-state index in [1.54, 1.807) is 0 Å². The summed E-state index contributed by atoms with van der Waals surface area (Å²) >= 11 is 0. The maximum Gasteiger partial charge on any atom is 0.325 e. The van der Waals surface area contributed by atoms with Crippen LogP contribution in [0.4, 0.5) is 4.79 Å². The van der Waals surface area contributed by atoms with Gasteiger partial charge in [-0.15, -0.1) is 0 Å². The Labute approximate surface area is 190 Å². The summed E-state index contributed by atoms with van der Waals surface area (Å²) in [4.78, 5) is 39.4. The molecule has 32 heavy (non-hydrogen) atoms. The first-order valence-electron chi connectivity index (χ1n) is 11.6. The summed E-state index contributed by atoms with van der Waals surface area (Å²) in [6.45, 7) is 8.56. The summed E-state index contributed by atoms with van der Waals surface area (Å²) in [5.74, 6) is 0.716. The Kier molecular flexibility index (Phi) is 7.64. The molecule has 1 saturated heterocycles. The predicted octanol–water partition coefficient (Wildman–Crippen LogP) is 3.55. The van der Waals surface area contributed by atoms with Gasteiger partial charge < -0.3 is 20.1 Å². The van der Waals surface area contributed by atoms with Gasteiger partial charge in [0, 0.05) is 0 Å². The molecule has 1 aliphatic heterocycles. The largest absolute Gasteiger partial charge is 0.490 e. The average Bonchev–Trinajstić information content (AvgIpc) is 2.98. The van der Waals surface area contributed by atoms with Crippen LogP contribution in [0.25, 0.3) is 0 Å². The molecule has 4 amide bonds. The molecule has 1 aromatic rings. The van der Waals surface area contributed by atoms with Crippen molar-refractivity contribution < 1.29 is 23.9 Å². The lowest BCUT2D eigenvalue weighted by Gasteiger charge is -2.30. The van der Waals surface area contributed by atoms with E-state index in [9.17, 15) is 14.4 Å². The Hall–Kier alpha value is -2.77. The molecule has 0 radical (unpaired) electrons. The highest BCUT2D eigenvalue weighted by Gasteiger charge is 2.51. The van der Waals surface area contributed by atoms with Crippen molar-refractivity contribution in [2.45, 2.75) is 71.4 Å². The molecule has 1 unspecified atom stereocenters. The third kappa shape index (κ3) is 5.00. The van der Waals surface area contributed by atoms with Gasteiger partial charge in [0.05, 0.1) is 19.3 Å². The summed E-state index contributed by atoms with van der Waals surface area (Å²) in [6, 6.07) is 4.85. The fraction of sp³-hybridized carbons (Fsp3) is 0.625. The number of imide groups is 1. The third-order valence-corrected chi connectivity index (χ3v) is 6.16. The second-order valence-corrected chi connectivity index (χ2v) is 8.83. The minimum absolute atomic E-state index is 0.0826. The van der Waals surface area contributed by atoms with Gasteiger partial charge in [0.15, 0.2) is 11.5 Å². The van der Waals surface area contributed by atoms with E-state index in [1.165, 1.54) is 0 Å². The van der Waals surface area contributed by atoms with Crippen LogP contribution in [0.2, 0.25) is 0 Å². The fourth-order valence-electron chi connectivity index (χ4n) is 4.57. The summed E-state index contributed by atoms with van der Waals surface area (Å²) in [5, 5.41) is 5.85. The number of carbonyl (C=O) groups is 3. The second kappa shape index (κ2) is 10.2. The van der Waals surface area contributed by atoms with Crippen LogP contribution in [0.1, 0.15) is 71.4 Å². The zero-order chi connectivity index (χ0) is 23.3. The van der Waals surface area contributed by atoms with Crippen LogP contribution in [0.15, 0.2) is 18.2 Å². The topological polar surface area (TPSA) is 97.0 Å². The van der Waals surface area contributed by atoms with E-state index in [2.05, 4.69) is 10.6 Å². The lowest BCUT2D eigenvalue weighted by molar-refractivity contribution is -0.136. The van der Waals surface area contributed by atoms with Crippen molar-refractivity contribution in [3.8, 4) is 11.5 Å². The summed E-state index contributed by atoms with van der Waals surface area (Å²) in [5.41, 5.74) is 0.0513. The van der Waals surface area contributed by atoms with Crippen molar-refractivity contribution in [1.82, 2.24) is 15.5 Å². The number of ether oxygens (including phenoxy) is 2. The predicted molar refractivity (Wildman–Crippen MR) is 121 cm³/mol. The quantitative estimate of drug-likeness (QED) is 0.567. The maximum absolute atomic E-state index is 13.0. The van der Waals surface area contributed by atoms with E-state index in [0.29, 0.717) is 37.6 Å². The molecule has 1 aromatic carbocycles. The molecule has 1 heterocycles. The monoisotopic (exact) mass is 445 g/mol. The molecule has 3 rings (SSSR count). The fourth-order valence-corrected chi connectivity index (χ4v) is 4.57. The molecule has 1 atom stereocenters. The number of nitrogens with one attached hydrogen (secondary N) is 2.